The molecule has 1 fully saturated rings. The van der Waals surface area contributed by atoms with Crippen molar-refractivity contribution in [1.29, 1.82) is 0 Å². The Morgan fingerprint density at radius 3 is 2.09 bits per heavy atom. The molecule has 1 aliphatic carbocycles. The Labute approximate surface area is 199 Å². The van der Waals surface area contributed by atoms with E-state index >= 15 is 0 Å². The van der Waals surface area contributed by atoms with Crippen LogP contribution in [0.1, 0.15) is 41.0 Å². The van der Waals surface area contributed by atoms with Crippen molar-refractivity contribution in [3.8, 4) is 11.1 Å². The second kappa shape index (κ2) is 10.5. The summed E-state index contributed by atoms with van der Waals surface area (Å²) in [7, 11) is 0. The second-order valence-corrected chi connectivity index (χ2v) is 8.64. The molecule has 6 heteroatoms. The van der Waals surface area contributed by atoms with Crippen molar-refractivity contribution >= 4 is 12.1 Å². The predicted octanol–water partition coefficient (Wildman–Crippen LogP) is 4.97. The highest BCUT2D eigenvalue weighted by molar-refractivity contribution is 5.81. The highest BCUT2D eigenvalue weighted by Gasteiger charge is 2.36. The summed E-state index contributed by atoms with van der Waals surface area (Å²) >= 11 is 0. The lowest BCUT2D eigenvalue weighted by Gasteiger charge is -2.22. The molecule has 0 radical (unpaired) electrons. The Bertz CT molecular complexity index is 1110. The predicted molar refractivity (Wildman–Crippen MR) is 130 cm³/mol. The fourth-order valence-corrected chi connectivity index (χ4v) is 4.61. The number of ether oxygens (including phenoxy) is 1. The number of benzene rings is 3. The lowest BCUT2D eigenvalue weighted by Crippen LogP contribution is -2.41. The van der Waals surface area contributed by atoms with Crippen LogP contribution in [0.4, 0.5) is 4.79 Å². The minimum absolute atomic E-state index is 0.0118. The molecule has 6 nitrogen and oxygen atoms in total. The number of amides is 1. The van der Waals surface area contributed by atoms with E-state index in [1.54, 1.807) is 0 Å². The number of fused-ring (bicyclic) bond motifs is 3. The fraction of sp³-hybridized carbons (Fsp3) is 0.286. The van der Waals surface area contributed by atoms with Crippen molar-refractivity contribution < 1.29 is 24.5 Å². The number of rotatable bonds is 4. The van der Waals surface area contributed by atoms with Gasteiger partial charge in [0.25, 0.3) is 0 Å². The fourth-order valence-electron chi connectivity index (χ4n) is 4.61. The van der Waals surface area contributed by atoms with E-state index in [9.17, 15) is 14.7 Å². The van der Waals surface area contributed by atoms with Gasteiger partial charge in [0.1, 0.15) is 12.6 Å². The Morgan fingerprint density at radius 1 is 0.941 bits per heavy atom. The van der Waals surface area contributed by atoms with Gasteiger partial charge in [-0.1, -0.05) is 78.4 Å². The molecule has 0 aromatic heterocycles. The van der Waals surface area contributed by atoms with E-state index in [2.05, 4.69) is 24.3 Å². The zero-order valence-corrected chi connectivity index (χ0v) is 19.2. The zero-order valence-electron chi connectivity index (χ0n) is 19.2. The highest BCUT2D eigenvalue weighted by Crippen LogP contribution is 2.44. The number of aryl methyl sites for hydroxylation is 1. The number of likely N-dealkylation sites (tertiary alicyclic amines) is 1. The lowest BCUT2D eigenvalue weighted by atomic mass is 9.98. The highest BCUT2D eigenvalue weighted by atomic mass is 16.6. The molecule has 5 rings (SSSR count). The SMILES string of the molecule is Cc1ccc(CO)cc1.O=C(O)C1CCCN1C(=O)OCC1c2ccccc2-c2ccccc21. The lowest BCUT2D eigenvalue weighted by molar-refractivity contribution is -0.141. The van der Waals surface area contributed by atoms with E-state index < -0.39 is 18.1 Å². The molecule has 2 aliphatic rings. The van der Waals surface area contributed by atoms with Crippen LogP contribution in [0.2, 0.25) is 0 Å². The van der Waals surface area contributed by atoms with Crippen molar-refractivity contribution in [2.75, 3.05) is 13.2 Å². The van der Waals surface area contributed by atoms with Crippen LogP contribution in [0.15, 0.2) is 72.8 Å². The topological polar surface area (TPSA) is 87.1 Å². The molecule has 176 valence electrons. The van der Waals surface area contributed by atoms with Gasteiger partial charge in [-0.05, 0) is 47.6 Å². The Morgan fingerprint density at radius 2 is 1.53 bits per heavy atom. The Kier molecular flexibility index (Phi) is 7.28. The molecule has 0 saturated carbocycles. The normalized spacial score (nSPS) is 16.3. The van der Waals surface area contributed by atoms with Gasteiger partial charge in [-0.25, -0.2) is 9.59 Å². The number of nitrogens with zero attached hydrogens (tertiary/aromatic N) is 1. The van der Waals surface area contributed by atoms with Crippen LogP contribution >= 0.6 is 0 Å². The first-order valence-electron chi connectivity index (χ1n) is 11.5. The summed E-state index contributed by atoms with van der Waals surface area (Å²) < 4.78 is 5.53. The van der Waals surface area contributed by atoms with Crippen molar-refractivity contribution in [2.45, 2.75) is 38.3 Å². The number of carbonyl (C=O) groups is 2. The Balaban J connectivity index is 0.000000257. The minimum Gasteiger partial charge on any atom is -0.480 e. The van der Waals surface area contributed by atoms with Gasteiger partial charge in [0.15, 0.2) is 0 Å². The van der Waals surface area contributed by atoms with E-state index in [0.717, 1.165) is 16.7 Å². The summed E-state index contributed by atoms with van der Waals surface area (Å²) in [5, 5.41) is 17.9. The van der Waals surface area contributed by atoms with Gasteiger partial charge in [-0.2, -0.15) is 0 Å². The van der Waals surface area contributed by atoms with Gasteiger partial charge >= 0.3 is 12.1 Å². The molecule has 1 atom stereocenters. The van der Waals surface area contributed by atoms with Crippen LogP contribution in [-0.4, -0.2) is 46.4 Å². The number of hydrogen-bond acceptors (Lipinski definition) is 4. The van der Waals surface area contributed by atoms with E-state index in [1.807, 2.05) is 55.5 Å². The van der Waals surface area contributed by atoms with Crippen LogP contribution in [0, 0.1) is 6.92 Å². The zero-order chi connectivity index (χ0) is 24.1. The molecule has 0 bridgehead atoms. The summed E-state index contributed by atoms with van der Waals surface area (Å²) in [5.41, 5.74) is 6.83. The number of aliphatic carboxylic acids is 1. The third-order valence-corrected chi connectivity index (χ3v) is 6.41. The molecule has 1 aliphatic heterocycles. The summed E-state index contributed by atoms with van der Waals surface area (Å²) in [6.07, 6.45) is 0.646. The van der Waals surface area contributed by atoms with Crippen LogP contribution in [0.25, 0.3) is 11.1 Å². The van der Waals surface area contributed by atoms with Crippen LogP contribution in [0.5, 0.6) is 0 Å². The summed E-state index contributed by atoms with van der Waals surface area (Å²) in [6, 6.07) is 23.3. The molecular weight excluding hydrogens is 430 g/mol. The standard InChI is InChI=1S/C20H19NO4.C8H10O/c22-19(23)18-10-5-11-21(18)20(24)25-12-17-15-8-3-1-6-13(15)14-7-2-4-9-16(14)17;1-7-2-4-8(6-9)5-3-7/h1-4,6-9,17-18H,5,10-12H2,(H,22,23);2-5,9H,6H2,1H3. The first-order valence-corrected chi connectivity index (χ1v) is 11.5. The van der Waals surface area contributed by atoms with Crippen LogP contribution < -0.4 is 0 Å². The molecule has 1 heterocycles. The summed E-state index contributed by atoms with van der Waals surface area (Å²) in [5.74, 6) is -0.978. The van der Waals surface area contributed by atoms with Gasteiger partial charge in [0.2, 0.25) is 0 Å². The average molecular weight is 460 g/mol. The summed E-state index contributed by atoms with van der Waals surface area (Å²) in [6.45, 7) is 2.82. The molecule has 0 spiro atoms. The largest absolute Gasteiger partial charge is 0.480 e. The Hall–Kier alpha value is -3.64. The van der Waals surface area contributed by atoms with Gasteiger partial charge in [-0.15, -0.1) is 0 Å². The maximum Gasteiger partial charge on any atom is 0.410 e. The van der Waals surface area contributed by atoms with Crippen LogP contribution in [0.3, 0.4) is 0 Å². The van der Waals surface area contributed by atoms with Crippen molar-refractivity contribution in [3.05, 3.63) is 95.1 Å². The number of hydrogen-bond donors (Lipinski definition) is 2. The maximum absolute atomic E-state index is 12.4. The van der Waals surface area contributed by atoms with E-state index in [4.69, 9.17) is 9.84 Å². The molecule has 3 aromatic rings. The number of carboxylic acid groups (broad SMARTS) is 1. The van der Waals surface area contributed by atoms with Gasteiger partial charge < -0.3 is 14.9 Å². The van der Waals surface area contributed by atoms with Gasteiger partial charge in [-0.3, -0.25) is 4.90 Å². The molecule has 2 N–H and O–H groups in total. The molecule has 34 heavy (non-hydrogen) atoms. The summed E-state index contributed by atoms with van der Waals surface area (Å²) in [4.78, 5) is 25.0. The minimum atomic E-state index is -0.967. The molecule has 3 aromatic carbocycles. The molecule has 1 unspecified atom stereocenters. The molecule has 1 saturated heterocycles. The van der Waals surface area contributed by atoms with E-state index in [0.29, 0.717) is 19.4 Å². The van der Waals surface area contributed by atoms with Crippen molar-refractivity contribution in [1.82, 2.24) is 4.90 Å². The smallest absolute Gasteiger partial charge is 0.410 e. The van der Waals surface area contributed by atoms with Gasteiger partial charge in [0.05, 0.1) is 6.61 Å². The van der Waals surface area contributed by atoms with Crippen molar-refractivity contribution in [2.24, 2.45) is 0 Å². The quantitative estimate of drug-likeness (QED) is 0.575. The van der Waals surface area contributed by atoms with Gasteiger partial charge in [0, 0.05) is 12.5 Å². The van der Waals surface area contributed by atoms with Crippen LogP contribution in [-0.2, 0) is 16.1 Å². The number of carbonyl (C=O) groups excluding carboxylic acids is 1. The maximum atomic E-state index is 12.4. The van der Waals surface area contributed by atoms with Crippen molar-refractivity contribution in [3.63, 3.8) is 0 Å². The number of aliphatic hydroxyl groups excluding tert-OH is 1. The first kappa shape index (κ1) is 23.5. The monoisotopic (exact) mass is 459 g/mol. The molecule has 1 amide bonds. The van der Waals surface area contributed by atoms with E-state index in [-0.39, 0.29) is 19.1 Å². The first-order chi connectivity index (χ1) is 16.5. The number of carboxylic acids is 1. The van der Waals surface area contributed by atoms with E-state index in [1.165, 1.54) is 21.6 Å². The second-order valence-electron chi connectivity index (χ2n) is 8.64. The third kappa shape index (κ3) is 4.97. The third-order valence-electron chi connectivity index (χ3n) is 6.41. The number of aliphatic hydroxyl groups is 1. The average Bonchev–Trinajstić information content (AvgIpc) is 3.47. The molecular formula is C28H29NO5.